The SMILES string of the molecule is CCCCCCN1C2CCCC(c3cccc(O)c3)(C2)C1C.Cl. The fourth-order valence-electron chi connectivity index (χ4n) is 4.99. The van der Waals surface area contributed by atoms with Crippen LogP contribution in [-0.2, 0) is 5.41 Å². The largest absolute Gasteiger partial charge is 0.508 e. The molecule has 1 N–H and O–H groups in total. The lowest BCUT2D eigenvalue weighted by Crippen LogP contribution is -2.40. The average molecular weight is 338 g/mol. The molecule has 1 aliphatic carbocycles. The van der Waals surface area contributed by atoms with Gasteiger partial charge in [0.15, 0.2) is 0 Å². The molecule has 130 valence electrons. The van der Waals surface area contributed by atoms with Crippen molar-refractivity contribution in [1.29, 1.82) is 0 Å². The number of phenols is 1. The number of fused-ring (bicyclic) bond motifs is 2. The van der Waals surface area contributed by atoms with Crippen LogP contribution in [0.3, 0.4) is 0 Å². The quantitative estimate of drug-likeness (QED) is 0.714. The molecule has 2 fully saturated rings. The number of hydrogen-bond acceptors (Lipinski definition) is 2. The van der Waals surface area contributed by atoms with Crippen LogP contribution < -0.4 is 0 Å². The highest BCUT2D eigenvalue weighted by Crippen LogP contribution is 2.51. The maximum atomic E-state index is 9.91. The van der Waals surface area contributed by atoms with E-state index in [2.05, 4.69) is 24.8 Å². The minimum Gasteiger partial charge on any atom is -0.508 e. The van der Waals surface area contributed by atoms with Crippen LogP contribution in [0.15, 0.2) is 24.3 Å². The van der Waals surface area contributed by atoms with E-state index in [1.54, 1.807) is 6.07 Å². The van der Waals surface area contributed by atoms with E-state index in [0.717, 1.165) is 6.04 Å². The molecule has 1 saturated carbocycles. The average Bonchev–Trinajstić information content (AvgIpc) is 2.72. The molecule has 2 nitrogen and oxygen atoms in total. The van der Waals surface area contributed by atoms with Gasteiger partial charge >= 0.3 is 0 Å². The molecule has 2 aliphatic rings. The Morgan fingerprint density at radius 2 is 2.09 bits per heavy atom. The predicted molar refractivity (Wildman–Crippen MR) is 99.6 cm³/mol. The van der Waals surface area contributed by atoms with Crippen molar-refractivity contribution < 1.29 is 5.11 Å². The van der Waals surface area contributed by atoms with Gasteiger partial charge in [0.25, 0.3) is 0 Å². The van der Waals surface area contributed by atoms with Gasteiger partial charge in [-0.2, -0.15) is 0 Å². The summed E-state index contributed by atoms with van der Waals surface area (Å²) in [5.41, 5.74) is 1.63. The molecular weight excluding hydrogens is 306 g/mol. The third-order valence-corrected chi connectivity index (χ3v) is 6.22. The Morgan fingerprint density at radius 3 is 2.83 bits per heavy atom. The Balaban J connectivity index is 0.00000192. The minimum absolute atomic E-state index is 0. The molecule has 0 amide bonds. The fourth-order valence-corrected chi connectivity index (χ4v) is 4.99. The molecule has 1 aromatic carbocycles. The zero-order valence-electron chi connectivity index (χ0n) is 14.6. The van der Waals surface area contributed by atoms with Gasteiger partial charge in [0.05, 0.1) is 0 Å². The smallest absolute Gasteiger partial charge is 0.115 e. The number of unbranched alkanes of at least 4 members (excludes halogenated alkanes) is 3. The van der Waals surface area contributed by atoms with Gasteiger partial charge in [0.2, 0.25) is 0 Å². The molecular formula is C20H32ClNO. The van der Waals surface area contributed by atoms with Crippen molar-refractivity contribution in [2.75, 3.05) is 6.54 Å². The van der Waals surface area contributed by atoms with Crippen molar-refractivity contribution in [3.63, 3.8) is 0 Å². The lowest BCUT2D eigenvalue weighted by Gasteiger charge is -2.37. The van der Waals surface area contributed by atoms with Gasteiger partial charge in [0, 0.05) is 17.5 Å². The van der Waals surface area contributed by atoms with Gasteiger partial charge in [0.1, 0.15) is 5.75 Å². The number of benzene rings is 1. The zero-order chi connectivity index (χ0) is 15.6. The summed E-state index contributed by atoms with van der Waals surface area (Å²) in [4.78, 5) is 2.78. The molecule has 1 heterocycles. The normalized spacial score (nSPS) is 30.2. The number of rotatable bonds is 6. The Bertz CT molecular complexity index is 506. The zero-order valence-corrected chi connectivity index (χ0v) is 15.4. The molecule has 1 aliphatic heterocycles. The van der Waals surface area contributed by atoms with Crippen molar-refractivity contribution in [1.82, 2.24) is 4.90 Å². The first kappa shape index (κ1) is 18.6. The van der Waals surface area contributed by atoms with E-state index in [9.17, 15) is 5.11 Å². The summed E-state index contributed by atoms with van der Waals surface area (Å²) in [7, 11) is 0. The first-order valence-electron chi connectivity index (χ1n) is 9.22. The molecule has 3 atom stereocenters. The number of likely N-dealkylation sites (tertiary alicyclic amines) is 1. The summed E-state index contributed by atoms with van der Waals surface area (Å²) >= 11 is 0. The number of halogens is 1. The Morgan fingerprint density at radius 1 is 1.26 bits per heavy atom. The molecule has 0 spiro atoms. The van der Waals surface area contributed by atoms with Crippen LogP contribution in [0.2, 0.25) is 0 Å². The van der Waals surface area contributed by atoms with Crippen LogP contribution in [0.25, 0.3) is 0 Å². The fraction of sp³-hybridized carbons (Fsp3) is 0.700. The predicted octanol–water partition coefficient (Wildman–Crippen LogP) is 5.28. The van der Waals surface area contributed by atoms with E-state index in [4.69, 9.17) is 0 Å². The highest BCUT2D eigenvalue weighted by molar-refractivity contribution is 5.85. The Kier molecular flexibility index (Phi) is 6.39. The van der Waals surface area contributed by atoms with Gasteiger partial charge in [-0.3, -0.25) is 4.90 Å². The number of phenolic OH excluding ortho intramolecular Hbond substituents is 1. The second kappa shape index (κ2) is 7.90. The first-order valence-corrected chi connectivity index (χ1v) is 9.22. The topological polar surface area (TPSA) is 23.5 Å². The van der Waals surface area contributed by atoms with Gasteiger partial charge in [-0.1, -0.05) is 44.7 Å². The minimum atomic E-state index is 0. The Labute approximate surface area is 147 Å². The summed E-state index contributed by atoms with van der Waals surface area (Å²) < 4.78 is 0. The van der Waals surface area contributed by atoms with Gasteiger partial charge in [-0.05, 0) is 56.8 Å². The highest BCUT2D eigenvalue weighted by atomic mass is 35.5. The third kappa shape index (κ3) is 3.53. The van der Waals surface area contributed by atoms with Crippen LogP contribution in [0.4, 0.5) is 0 Å². The van der Waals surface area contributed by atoms with Crippen LogP contribution in [0.1, 0.15) is 70.8 Å². The Hall–Kier alpha value is -0.730. The number of nitrogens with zero attached hydrogens (tertiary/aromatic N) is 1. The van der Waals surface area contributed by atoms with Crippen LogP contribution >= 0.6 is 12.4 Å². The van der Waals surface area contributed by atoms with Gasteiger partial charge in [-0.25, -0.2) is 0 Å². The summed E-state index contributed by atoms with van der Waals surface area (Å²) in [5, 5.41) is 9.91. The maximum absolute atomic E-state index is 9.91. The van der Waals surface area contributed by atoms with E-state index in [0.29, 0.717) is 11.8 Å². The standard InChI is InChI=1S/C20H31NO.ClH/c1-3-4-5-6-13-21-16(2)20(12-8-10-18(21)15-20)17-9-7-11-19(22)14-17;/h7,9,11,14,16,18,22H,3-6,8,10,12-13,15H2,1-2H3;1H. The third-order valence-electron chi connectivity index (χ3n) is 6.22. The summed E-state index contributed by atoms with van der Waals surface area (Å²) in [5.74, 6) is 0.419. The van der Waals surface area contributed by atoms with Crippen LogP contribution in [-0.4, -0.2) is 28.6 Å². The summed E-state index contributed by atoms with van der Waals surface area (Å²) in [6.45, 7) is 5.96. The maximum Gasteiger partial charge on any atom is 0.115 e. The lowest BCUT2D eigenvalue weighted by atomic mass is 9.67. The second-order valence-electron chi connectivity index (χ2n) is 7.43. The van der Waals surface area contributed by atoms with Gasteiger partial charge in [-0.15, -0.1) is 12.4 Å². The van der Waals surface area contributed by atoms with E-state index in [1.807, 2.05) is 12.1 Å². The van der Waals surface area contributed by atoms with Crippen LogP contribution in [0, 0.1) is 0 Å². The molecule has 1 saturated heterocycles. The van der Waals surface area contributed by atoms with Crippen molar-refractivity contribution >= 4 is 12.4 Å². The molecule has 3 rings (SSSR count). The van der Waals surface area contributed by atoms with Gasteiger partial charge < -0.3 is 5.11 Å². The molecule has 1 aromatic rings. The molecule has 0 aromatic heterocycles. The van der Waals surface area contributed by atoms with E-state index < -0.39 is 0 Å². The summed E-state index contributed by atoms with van der Waals surface area (Å²) in [6, 6.07) is 9.41. The molecule has 23 heavy (non-hydrogen) atoms. The lowest BCUT2D eigenvalue weighted by molar-refractivity contribution is 0.188. The van der Waals surface area contributed by atoms with E-state index in [-0.39, 0.29) is 17.8 Å². The van der Waals surface area contributed by atoms with Crippen molar-refractivity contribution in [3.8, 4) is 5.75 Å². The van der Waals surface area contributed by atoms with Crippen LogP contribution in [0.5, 0.6) is 5.75 Å². The van der Waals surface area contributed by atoms with Crippen molar-refractivity contribution in [2.24, 2.45) is 0 Å². The van der Waals surface area contributed by atoms with E-state index in [1.165, 1.54) is 63.5 Å². The number of hydrogen-bond donors (Lipinski definition) is 1. The molecule has 3 heteroatoms. The number of aromatic hydroxyl groups is 1. The highest BCUT2D eigenvalue weighted by Gasteiger charge is 2.52. The van der Waals surface area contributed by atoms with Crippen molar-refractivity contribution in [2.45, 2.75) is 82.7 Å². The summed E-state index contributed by atoms with van der Waals surface area (Å²) in [6.07, 6.45) is 10.6. The molecule has 3 unspecified atom stereocenters. The van der Waals surface area contributed by atoms with E-state index >= 15 is 0 Å². The molecule has 2 bridgehead atoms. The van der Waals surface area contributed by atoms with Crippen molar-refractivity contribution in [3.05, 3.63) is 29.8 Å². The monoisotopic (exact) mass is 337 g/mol. The molecule has 0 radical (unpaired) electrons. The second-order valence-corrected chi connectivity index (χ2v) is 7.43. The first-order chi connectivity index (χ1) is 10.7.